The smallest absolute Gasteiger partial charge is 0.299 e. The topological polar surface area (TPSA) is 38.8 Å². The normalized spacial score (nSPS) is 9.10. The Morgan fingerprint density at radius 3 is 2.70 bits per heavy atom. The Kier molecular flexibility index (Phi) is 4.32. The maximum atomic E-state index is 10.6. The predicted molar refractivity (Wildman–Crippen MR) is 35.9 cm³/mol. The Morgan fingerprint density at radius 1 is 1.70 bits per heavy atom. The summed E-state index contributed by atoms with van der Waals surface area (Å²) >= 11 is 0. The van der Waals surface area contributed by atoms with E-state index in [4.69, 9.17) is 0 Å². The van der Waals surface area contributed by atoms with Crippen molar-refractivity contribution in [3.63, 3.8) is 0 Å². The van der Waals surface area contributed by atoms with Gasteiger partial charge >= 0.3 is 5.97 Å². The molecule has 4 nitrogen and oxygen atoms in total. The lowest BCUT2D eigenvalue weighted by molar-refractivity contribution is -0.238. The van der Waals surface area contributed by atoms with E-state index in [1.807, 2.05) is 0 Å². The highest BCUT2D eigenvalue weighted by molar-refractivity contribution is 5.70. The first-order valence-electron chi connectivity index (χ1n) is 2.78. The minimum atomic E-state index is -0.440. The standard InChI is InChI=1S/C6H11NO3/c1-4-9-10-6(8)5-7(2)3/h4H,1,5H2,2-3H3. The molecule has 0 saturated heterocycles. The van der Waals surface area contributed by atoms with Gasteiger partial charge in [-0.2, -0.15) is 0 Å². The van der Waals surface area contributed by atoms with Gasteiger partial charge in [0.2, 0.25) is 0 Å². The van der Waals surface area contributed by atoms with Crippen LogP contribution in [0.1, 0.15) is 0 Å². The average Bonchev–Trinajstić information content (AvgIpc) is 1.82. The van der Waals surface area contributed by atoms with Crippen molar-refractivity contribution in [3.8, 4) is 0 Å². The third kappa shape index (κ3) is 5.11. The van der Waals surface area contributed by atoms with Crippen LogP contribution in [0.25, 0.3) is 0 Å². The van der Waals surface area contributed by atoms with E-state index in [2.05, 4.69) is 16.4 Å². The van der Waals surface area contributed by atoms with Gasteiger partial charge in [-0.1, -0.05) is 6.58 Å². The number of hydrogen-bond acceptors (Lipinski definition) is 4. The van der Waals surface area contributed by atoms with Gasteiger partial charge in [0.25, 0.3) is 0 Å². The Hall–Kier alpha value is -1.03. The molecule has 0 aromatic rings. The zero-order valence-corrected chi connectivity index (χ0v) is 6.16. The fourth-order valence-electron chi connectivity index (χ4n) is 0.372. The minimum Gasteiger partial charge on any atom is -0.299 e. The molecule has 0 bridgehead atoms. The van der Waals surface area contributed by atoms with Crippen molar-refractivity contribution in [2.24, 2.45) is 0 Å². The van der Waals surface area contributed by atoms with Crippen molar-refractivity contribution >= 4 is 5.97 Å². The van der Waals surface area contributed by atoms with Gasteiger partial charge in [-0.05, 0) is 14.1 Å². The summed E-state index contributed by atoms with van der Waals surface area (Å²) in [6.45, 7) is 3.40. The molecule has 0 heterocycles. The molecule has 10 heavy (non-hydrogen) atoms. The number of carbonyl (C=O) groups excluding carboxylic acids is 1. The van der Waals surface area contributed by atoms with Crippen LogP contribution in [0.2, 0.25) is 0 Å². The predicted octanol–water partition coefficient (Wildman–Crippen LogP) is 0.166. The van der Waals surface area contributed by atoms with Gasteiger partial charge in [-0.25, -0.2) is 9.68 Å². The van der Waals surface area contributed by atoms with Crippen molar-refractivity contribution in [1.29, 1.82) is 0 Å². The van der Waals surface area contributed by atoms with Gasteiger partial charge < -0.3 is 0 Å². The summed E-state index contributed by atoms with van der Waals surface area (Å²) in [5.74, 6) is -0.440. The van der Waals surface area contributed by atoms with E-state index >= 15 is 0 Å². The van der Waals surface area contributed by atoms with Gasteiger partial charge in [-0.15, -0.1) is 0 Å². The fraction of sp³-hybridized carbons (Fsp3) is 0.500. The Balaban J connectivity index is 3.34. The van der Waals surface area contributed by atoms with E-state index in [-0.39, 0.29) is 6.54 Å². The van der Waals surface area contributed by atoms with Crippen molar-refractivity contribution < 1.29 is 14.6 Å². The molecule has 0 unspecified atom stereocenters. The number of rotatable bonds is 4. The lowest BCUT2D eigenvalue weighted by Crippen LogP contribution is -2.23. The second kappa shape index (κ2) is 4.81. The molecule has 0 rings (SSSR count). The van der Waals surface area contributed by atoms with Crippen molar-refractivity contribution in [1.82, 2.24) is 4.90 Å². The molecule has 0 amide bonds. The maximum Gasteiger partial charge on any atom is 0.369 e. The number of carbonyl (C=O) groups is 1. The molecule has 0 fully saturated rings. The lowest BCUT2D eigenvalue weighted by atomic mass is 10.6. The molecule has 0 atom stereocenters. The highest BCUT2D eigenvalue weighted by atomic mass is 17.2. The molecule has 0 aliphatic carbocycles. The highest BCUT2D eigenvalue weighted by Crippen LogP contribution is 1.83. The zero-order valence-electron chi connectivity index (χ0n) is 6.16. The van der Waals surface area contributed by atoms with E-state index in [1.165, 1.54) is 0 Å². The molecule has 0 aromatic carbocycles. The monoisotopic (exact) mass is 145 g/mol. The highest BCUT2D eigenvalue weighted by Gasteiger charge is 2.03. The molecule has 0 radical (unpaired) electrons. The Labute approximate surface area is 60.0 Å². The van der Waals surface area contributed by atoms with Crippen molar-refractivity contribution in [2.75, 3.05) is 20.6 Å². The molecule has 0 spiro atoms. The van der Waals surface area contributed by atoms with Crippen LogP contribution in [0.3, 0.4) is 0 Å². The fourth-order valence-corrected chi connectivity index (χ4v) is 0.372. The summed E-state index contributed by atoms with van der Waals surface area (Å²) in [6.07, 6.45) is 1.05. The summed E-state index contributed by atoms with van der Waals surface area (Å²) in [7, 11) is 3.52. The molecule has 0 aromatic heterocycles. The second-order valence-corrected chi connectivity index (χ2v) is 1.96. The minimum absolute atomic E-state index is 0.202. The van der Waals surface area contributed by atoms with Crippen LogP contribution in [0.5, 0.6) is 0 Å². The van der Waals surface area contributed by atoms with E-state index in [0.29, 0.717) is 0 Å². The summed E-state index contributed by atoms with van der Waals surface area (Å²) in [4.78, 5) is 20.6. The van der Waals surface area contributed by atoms with Crippen LogP contribution < -0.4 is 0 Å². The van der Waals surface area contributed by atoms with Gasteiger partial charge in [-0.3, -0.25) is 9.79 Å². The van der Waals surface area contributed by atoms with Crippen molar-refractivity contribution in [3.05, 3.63) is 12.8 Å². The SMILES string of the molecule is C=COOC(=O)CN(C)C. The Bertz CT molecular complexity index is 122. The molecule has 58 valence electrons. The third-order valence-corrected chi connectivity index (χ3v) is 0.654. The maximum absolute atomic E-state index is 10.6. The van der Waals surface area contributed by atoms with E-state index in [0.717, 1.165) is 6.26 Å². The molecule has 0 saturated carbocycles. The van der Waals surface area contributed by atoms with Crippen LogP contribution in [0.15, 0.2) is 12.8 Å². The lowest BCUT2D eigenvalue weighted by Gasteiger charge is -2.05. The quantitative estimate of drug-likeness (QED) is 0.321. The van der Waals surface area contributed by atoms with Crippen LogP contribution in [0.4, 0.5) is 0 Å². The zero-order chi connectivity index (χ0) is 7.98. The summed E-state index contributed by atoms with van der Waals surface area (Å²) in [5, 5.41) is 0. The van der Waals surface area contributed by atoms with Gasteiger partial charge in [0, 0.05) is 0 Å². The summed E-state index contributed by atoms with van der Waals surface area (Å²) < 4.78 is 0. The first-order valence-corrected chi connectivity index (χ1v) is 2.78. The largest absolute Gasteiger partial charge is 0.369 e. The molecular formula is C6H11NO3. The van der Waals surface area contributed by atoms with Gasteiger partial charge in [0.15, 0.2) is 0 Å². The van der Waals surface area contributed by atoms with Gasteiger partial charge in [0.05, 0.1) is 0 Å². The average molecular weight is 145 g/mol. The molecular weight excluding hydrogens is 134 g/mol. The molecule has 4 heteroatoms. The summed E-state index contributed by atoms with van der Waals surface area (Å²) in [5.41, 5.74) is 0. The van der Waals surface area contributed by atoms with Gasteiger partial charge in [0.1, 0.15) is 12.8 Å². The molecule has 0 aliphatic heterocycles. The van der Waals surface area contributed by atoms with Crippen LogP contribution in [0, 0.1) is 0 Å². The van der Waals surface area contributed by atoms with Crippen LogP contribution >= 0.6 is 0 Å². The third-order valence-electron chi connectivity index (χ3n) is 0.654. The number of nitrogens with zero attached hydrogens (tertiary/aromatic N) is 1. The van der Waals surface area contributed by atoms with E-state index in [9.17, 15) is 4.79 Å². The number of likely N-dealkylation sites (N-methyl/N-ethyl adjacent to an activating group) is 1. The molecule has 0 N–H and O–H groups in total. The van der Waals surface area contributed by atoms with Crippen molar-refractivity contribution in [2.45, 2.75) is 0 Å². The van der Waals surface area contributed by atoms with Crippen LogP contribution in [-0.2, 0) is 14.6 Å². The van der Waals surface area contributed by atoms with Crippen LogP contribution in [-0.4, -0.2) is 31.5 Å². The Morgan fingerprint density at radius 2 is 2.30 bits per heavy atom. The summed E-state index contributed by atoms with van der Waals surface area (Å²) in [6, 6.07) is 0. The van der Waals surface area contributed by atoms with E-state index in [1.54, 1.807) is 19.0 Å². The first-order chi connectivity index (χ1) is 4.66. The van der Waals surface area contributed by atoms with E-state index < -0.39 is 5.97 Å². The molecule has 0 aliphatic rings. The second-order valence-electron chi connectivity index (χ2n) is 1.96. The first kappa shape index (κ1) is 8.97. The number of hydrogen-bond donors (Lipinski definition) is 0.